The van der Waals surface area contributed by atoms with Crippen molar-refractivity contribution in [2.24, 2.45) is 5.92 Å². The zero-order chi connectivity index (χ0) is 14.4. The molecule has 0 aromatic rings. The van der Waals surface area contributed by atoms with Gasteiger partial charge in [-0.15, -0.1) is 0 Å². The van der Waals surface area contributed by atoms with E-state index in [9.17, 15) is 9.59 Å². The van der Waals surface area contributed by atoms with E-state index < -0.39 is 0 Å². The summed E-state index contributed by atoms with van der Waals surface area (Å²) >= 11 is 0. The Morgan fingerprint density at radius 1 is 1.35 bits per heavy atom. The molecular formula is C14H26N4O2. The summed E-state index contributed by atoms with van der Waals surface area (Å²) in [5, 5.41) is 6.04. The van der Waals surface area contributed by atoms with Crippen LogP contribution in [-0.4, -0.2) is 67.6 Å². The van der Waals surface area contributed by atoms with Crippen molar-refractivity contribution in [2.75, 3.05) is 45.8 Å². The smallest absolute Gasteiger partial charge is 0.324 e. The number of imide groups is 1. The summed E-state index contributed by atoms with van der Waals surface area (Å²) < 4.78 is 0. The Labute approximate surface area is 120 Å². The number of hydrogen-bond donors (Lipinski definition) is 2. The van der Waals surface area contributed by atoms with Gasteiger partial charge < -0.3 is 10.6 Å². The van der Waals surface area contributed by atoms with E-state index in [2.05, 4.69) is 22.5 Å². The minimum absolute atomic E-state index is 0.0672. The van der Waals surface area contributed by atoms with Gasteiger partial charge in [-0.05, 0) is 44.8 Å². The molecule has 20 heavy (non-hydrogen) atoms. The molecule has 2 N–H and O–H groups in total. The average molecular weight is 282 g/mol. The summed E-state index contributed by atoms with van der Waals surface area (Å²) in [4.78, 5) is 27.3. The maximum atomic E-state index is 12.2. The number of rotatable bonds is 6. The second kappa shape index (κ2) is 7.59. The fourth-order valence-electron chi connectivity index (χ4n) is 2.97. The number of hydrogen-bond acceptors (Lipinski definition) is 4. The third kappa shape index (κ3) is 4.18. The summed E-state index contributed by atoms with van der Waals surface area (Å²) in [5.74, 6) is 0.602. The second-order valence-corrected chi connectivity index (χ2v) is 5.71. The summed E-state index contributed by atoms with van der Waals surface area (Å²) in [7, 11) is 0. The van der Waals surface area contributed by atoms with Gasteiger partial charge in [0.05, 0.1) is 6.54 Å². The van der Waals surface area contributed by atoms with Gasteiger partial charge in [-0.1, -0.05) is 6.92 Å². The van der Waals surface area contributed by atoms with Gasteiger partial charge in [-0.25, -0.2) is 4.79 Å². The fraction of sp³-hybridized carbons (Fsp3) is 0.857. The molecule has 0 radical (unpaired) electrons. The Balaban J connectivity index is 1.84. The van der Waals surface area contributed by atoms with Gasteiger partial charge in [0, 0.05) is 19.6 Å². The molecule has 3 amide bonds. The van der Waals surface area contributed by atoms with Gasteiger partial charge in [-0.2, -0.15) is 0 Å². The number of urea groups is 1. The van der Waals surface area contributed by atoms with Crippen molar-refractivity contribution in [2.45, 2.75) is 26.2 Å². The largest absolute Gasteiger partial charge is 0.336 e. The molecular weight excluding hydrogens is 256 g/mol. The van der Waals surface area contributed by atoms with E-state index in [-0.39, 0.29) is 11.9 Å². The van der Waals surface area contributed by atoms with Crippen molar-refractivity contribution in [3.05, 3.63) is 0 Å². The third-order valence-electron chi connectivity index (χ3n) is 4.03. The van der Waals surface area contributed by atoms with Crippen LogP contribution in [0.4, 0.5) is 4.79 Å². The molecule has 2 saturated heterocycles. The minimum Gasteiger partial charge on any atom is -0.336 e. The molecule has 0 aromatic carbocycles. The molecule has 2 aliphatic rings. The molecule has 2 fully saturated rings. The van der Waals surface area contributed by atoms with Crippen LogP contribution in [0.25, 0.3) is 0 Å². The summed E-state index contributed by atoms with van der Waals surface area (Å²) in [6, 6.07) is -0.242. The van der Waals surface area contributed by atoms with E-state index in [4.69, 9.17) is 0 Å². The number of amides is 3. The van der Waals surface area contributed by atoms with E-state index in [1.54, 1.807) is 0 Å². The number of piperidine rings is 1. The first kappa shape index (κ1) is 15.3. The van der Waals surface area contributed by atoms with Gasteiger partial charge in [0.2, 0.25) is 5.91 Å². The van der Waals surface area contributed by atoms with Crippen LogP contribution >= 0.6 is 0 Å². The molecule has 0 saturated carbocycles. The summed E-state index contributed by atoms with van der Waals surface area (Å²) in [5.41, 5.74) is 0. The first-order chi connectivity index (χ1) is 9.70. The van der Waals surface area contributed by atoms with Crippen LogP contribution in [0.15, 0.2) is 0 Å². The van der Waals surface area contributed by atoms with E-state index in [1.807, 2.05) is 0 Å². The molecule has 2 rings (SSSR count). The summed E-state index contributed by atoms with van der Waals surface area (Å²) in [6.45, 7) is 7.62. The van der Waals surface area contributed by atoms with Crippen LogP contribution < -0.4 is 10.6 Å². The molecule has 2 heterocycles. The van der Waals surface area contributed by atoms with Crippen LogP contribution in [-0.2, 0) is 4.79 Å². The Bertz CT molecular complexity index is 342. The second-order valence-electron chi connectivity index (χ2n) is 5.71. The van der Waals surface area contributed by atoms with Crippen LogP contribution in [0.5, 0.6) is 0 Å². The number of carbonyl (C=O) groups is 2. The Hall–Kier alpha value is -1.14. The molecule has 0 aromatic heterocycles. The predicted octanol–water partition coefficient (Wildman–Crippen LogP) is 0.250. The van der Waals surface area contributed by atoms with E-state index in [0.717, 1.165) is 32.6 Å². The van der Waals surface area contributed by atoms with Gasteiger partial charge in [-0.3, -0.25) is 14.6 Å². The number of nitrogens with one attached hydrogen (secondary N) is 2. The minimum atomic E-state index is -0.242. The lowest BCUT2D eigenvalue weighted by Gasteiger charge is -2.30. The summed E-state index contributed by atoms with van der Waals surface area (Å²) in [6.07, 6.45) is 3.39. The molecule has 0 spiro atoms. The van der Waals surface area contributed by atoms with Crippen LogP contribution in [0.3, 0.4) is 0 Å². The number of nitrogens with zero attached hydrogens (tertiary/aromatic N) is 2. The molecule has 6 nitrogen and oxygen atoms in total. The van der Waals surface area contributed by atoms with Crippen LogP contribution in [0, 0.1) is 5.92 Å². The lowest BCUT2D eigenvalue weighted by atomic mass is 9.97. The van der Waals surface area contributed by atoms with E-state index in [1.165, 1.54) is 17.7 Å². The Morgan fingerprint density at radius 3 is 2.70 bits per heavy atom. The van der Waals surface area contributed by atoms with Crippen molar-refractivity contribution in [1.82, 2.24) is 20.4 Å². The lowest BCUT2D eigenvalue weighted by Crippen LogP contribution is -2.44. The quantitative estimate of drug-likeness (QED) is 0.733. The highest BCUT2D eigenvalue weighted by atomic mass is 16.2. The molecule has 0 aliphatic carbocycles. The van der Waals surface area contributed by atoms with Gasteiger partial charge in [0.25, 0.3) is 0 Å². The van der Waals surface area contributed by atoms with Crippen molar-refractivity contribution in [1.29, 1.82) is 0 Å². The van der Waals surface area contributed by atoms with Crippen molar-refractivity contribution in [3.8, 4) is 0 Å². The lowest BCUT2D eigenvalue weighted by molar-refractivity contribution is -0.129. The third-order valence-corrected chi connectivity index (χ3v) is 4.03. The topological polar surface area (TPSA) is 64.7 Å². The Kier molecular flexibility index (Phi) is 5.79. The van der Waals surface area contributed by atoms with Gasteiger partial charge in [0.1, 0.15) is 0 Å². The van der Waals surface area contributed by atoms with E-state index in [0.29, 0.717) is 25.6 Å². The first-order valence-corrected chi connectivity index (χ1v) is 7.72. The maximum Gasteiger partial charge on any atom is 0.324 e. The molecule has 6 heteroatoms. The van der Waals surface area contributed by atoms with Gasteiger partial charge in [0.15, 0.2) is 0 Å². The highest BCUT2D eigenvalue weighted by Gasteiger charge is 2.28. The zero-order valence-electron chi connectivity index (χ0n) is 12.4. The van der Waals surface area contributed by atoms with E-state index >= 15 is 0 Å². The highest BCUT2D eigenvalue weighted by Crippen LogP contribution is 2.14. The van der Waals surface area contributed by atoms with Crippen LogP contribution in [0.1, 0.15) is 26.2 Å². The normalized spacial score (nSPS) is 20.5. The Morgan fingerprint density at radius 2 is 2.10 bits per heavy atom. The zero-order valence-corrected chi connectivity index (χ0v) is 12.4. The first-order valence-electron chi connectivity index (χ1n) is 7.72. The number of carbonyl (C=O) groups excluding carboxylic acids is 2. The van der Waals surface area contributed by atoms with Crippen LogP contribution in [0.2, 0.25) is 0 Å². The molecule has 2 aliphatic heterocycles. The molecule has 0 unspecified atom stereocenters. The van der Waals surface area contributed by atoms with Crippen molar-refractivity contribution >= 4 is 11.9 Å². The maximum absolute atomic E-state index is 12.2. The fourth-order valence-corrected chi connectivity index (χ4v) is 2.97. The molecule has 0 bridgehead atoms. The monoisotopic (exact) mass is 282 g/mol. The van der Waals surface area contributed by atoms with Crippen molar-refractivity contribution in [3.63, 3.8) is 0 Å². The SMILES string of the molecule is CCCN(CC(=O)N1CCNC1=O)CC1CCNCC1. The molecule has 0 atom stereocenters. The van der Waals surface area contributed by atoms with Crippen molar-refractivity contribution < 1.29 is 9.59 Å². The standard InChI is InChI=1S/C14H26N4O2/c1-2-8-17(10-12-3-5-15-6-4-12)11-13(19)18-9-7-16-14(18)20/h12,15H,2-11H2,1H3,(H,16,20). The van der Waals surface area contributed by atoms with Gasteiger partial charge >= 0.3 is 6.03 Å². The molecule has 114 valence electrons. The highest BCUT2D eigenvalue weighted by molar-refractivity contribution is 5.96. The predicted molar refractivity (Wildman–Crippen MR) is 77.4 cm³/mol. The average Bonchev–Trinajstić information content (AvgIpc) is 2.86.